The summed E-state index contributed by atoms with van der Waals surface area (Å²) in [5, 5.41) is 0. The molecule has 0 aliphatic heterocycles. The van der Waals surface area contributed by atoms with Crippen molar-refractivity contribution < 1.29 is 0 Å². The van der Waals surface area contributed by atoms with Crippen LogP contribution in [-0.4, -0.2) is 12.4 Å². The summed E-state index contributed by atoms with van der Waals surface area (Å²) in [6, 6.07) is 0. The van der Waals surface area contributed by atoms with Crippen molar-refractivity contribution in [1.29, 1.82) is 0 Å². The smallest absolute Gasteiger partial charge is 0.0965 e. The van der Waals surface area contributed by atoms with Gasteiger partial charge in [0.1, 0.15) is 0 Å². The molecule has 0 aliphatic carbocycles. The zero-order valence-corrected chi connectivity index (χ0v) is 9.51. The first kappa shape index (κ1) is 12.5. The van der Waals surface area contributed by atoms with E-state index in [1.807, 2.05) is 0 Å². The minimum Gasteiger partial charge on any atom is -0.387 e. The summed E-state index contributed by atoms with van der Waals surface area (Å²) in [6.45, 7) is 9.65. The van der Waals surface area contributed by atoms with E-state index in [1.54, 1.807) is 0 Å². The second kappa shape index (κ2) is 6.93. The number of aliphatic imine (C=N–C) groups is 1. The van der Waals surface area contributed by atoms with Gasteiger partial charge >= 0.3 is 0 Å². The van der Waals surface area contributed by atoms with Crippen LogP contribution in [0.2, 0.25) is 0 Å². The van der Waals surface area contributed by atoms with E-state index in [2.05, 4.69) is 32.7 Å². The molecule has 2 nitrogen and oxygen atoms in total. The van der Waals surface area contributed by atoms with Crippen LogP contribution >= 0.6 is 0 Å². The maximum atomic E-state index is 5.86. The Bertz CT molecular complexity index is 152. The van der Waals surface area contributed by atoms with E-state index in [4.69, 9.17) is 5.73 Å². The molecular weight excluding hydrogens is 160 g/mol. The topological polar surface area (TPSA) is 38.4 Å². The third-order valence-corrected chi connectivity index (χ3v) is 2.48. The summed E-state index contributed by atoms with van der Waals surface area (Å²) in [7, 11) is 0. The van der Waals surface area contributed by atoms with Crippen LogP contribution in [0.15, 0.2) is 4.99 Å². The minimum absolute atomic E-state index is 0.446. The first-order valence-electron chi connectivity index (χ1n) is 5.41. The van der Waals surface area contributed by atoms with Gasteiger partial charge in [0.15, 0.2) is 0 Å². The van der Waals surface area contributed by atoms with Gasteiger partial charge in [-0.2, -0.15) is 0 Å². The summed E-state index contributed by atoms with van der Waals surface area (Å²) >= 11 is 0. The summed E-state index contributed by atoms with van der Waals surface area (Å²) in [5.74, 6) is 2.04. The van der Waals surface area contributed by atoms with E-state index >= 15 is 0 Å². The number of amidine groups is 1. The number of nitrogens with two attached hydrogens (primary N) is 1. The van der Waals surface area contributed by atoms with Crippen LogP contribution in [0.5, 0.6) is 0 Å². The molecule has 13 heavy (non-hydrogen) atoms. The van der Waals surface area contributed by atoms with E-state index < -0.39 is 0 Å². The lowest BCUT2D eigenvalue weighted by Gasteiger charge is -2.15. The van der Waals surface area contributed by atoms with Gasteiger partial charge in [0.2, 0.25) is 0 Å². The third-order valence-electron chi connectivity index (χ3n) is 2.48. The zero-order valence-electron chi connectivity index (χ0n) is 9.51. The van der Waals surface area contributed by atoms with Crippen molar-refractivity contribution in [2.45, 2.75) is 47.0 Å². The van der Waals surface area contributed by atoms with Crippen molar-refractivity contribution in [3.63, 3.8) is 0 Å². The van der Waals surface area contributed by atoms with Gasteiger partial charge in [0.05, 0.1) is 5.84 Å². The van der Waals surface area contributed by atoms with Gasteiger partial charge in [-0.15, -0.1) is 0 Å². The average molecular weight is 184 g/mol. The molecule has 2 N–H and O–H groups in total. The summed E-state index contributed by atoms with van der Waals surface area (Å²) in [4.78, 5) is 4.32. The van der Waals surface area contributed by atoms with Crippen LogP contribution in [0, 0.1) is 11.8 Å². The Labute approximate surface area is 82.6 Å². The van der Waals surface area contributed by atoms with E-state index in [0.717, 1.165) is 31.1 Å². The van der Waals surface area contributed by atoms with Crippen LogP contribution in [0.25, 0.3) is 0 Å². The SMILES string of the molecule is CCCN=C(N)C(C)CC(C)CC. The predicted molar refractivity (Wildman–Crippen MR) is 60.0 cm³/mol. The van der Waals surface area contributed by atoms with Crippen LogP contribution in [0.4, 0.5) is 0 Å². The highest BCUT2D eigenvalue weighted by atomic mass is 14.9. The molecule has 0 spiro atoms. The molecule has 2 unspecified atom stereocenters. The molecule has 0 bridgehead atoms. The Hall–Kier alpha value is -0.530. The van der Waals surface area contributed by atoms with Crippen molar-refractivity contribution in [3.05, 3.63) is 0 Å². The van der Waals surface area contributed by atoms with Gasteiger partial charge in [-0.1, -0.05) is 34.1 Å². The van der Waals surface area contributed by atoms with Gasteiger partial charge in [-0.3, -0.25) is 4.99 Å². The summed E-state index contributed by atoms with van der Waals surface area (Å²) in [6.07, 6.45) is 3.47. The van der Waals surface area contributed by atoms with Crippen LogP contribution in [0.3, 0.4) is 0 Å². The van der Waals surface area contributed by atoms with E-state index in [-0.39, 0.29) is 0 Å². The summed E-state index contributed by atoms with van der Waals surface area (Å²) < 4.78 is 0. The maximum Gasteiger partial charge on any atom is 0.0965 e. The molecule has 0 saturated carbocycles. The standard InChI is InChI=1S/C11H24N2/c1-5-7-13-11(12)10(4)8-9(3)6-2/h9-10H,5-8H2,1-4H3,(H2,12,13). The predicted octanol–water partition coefficient (Wildman–Crippen LogP) is 2.83. The minimum atomic E-state index is 0.446. The lowest BCUT2D eigenvalue weighted by Crippen LogP contribution is -2.23. The monoisotopic (exact) mass is 184 g/mol. The Balaban J connectivity index is 3.87. The van der Waals surface area contributed by atoms with E-state index in [0.29, 0.717) is 5.92 Å². The first-order chi connectivity index (χ1) is 6.11. The van der Waals surface area contributed by atoms with Crippen LogP contribution in [0.1, 0.15) is 47.0 Å². The highest BCUT2D eigenvalue weighted by molar-refractivity contribution is 5.82. The molecule has 0 aromatic rings. The molecule has 0 heterocycles. The molecule has 0 aliphatic rings. The van der Waals surface area contributed by atoms with Gasteiger partial charge < -0.3 is 5.73 Å². The number of rotatable bonds is 6. The van der Waals surface area contributed by atoms with E-state index in [9.17, 15) is 0 Å². The lowest BCUT2D eigenvalue weighted by atomic mass is 9.95. The number of hydrogen-bond donors (Lipinski definition) is 1. The molecule has 0 aromatic carbocycles. The van der Waals surface area contributed by atoms with Gasteiger partial charge in [0, 0.05) is 12.5 Å². The molecule has 0 saturated heterocycles. The quantitative estimate of drug-likeness (QED) is 0.500. The molecule has 2 atom stereocenters. The van der Waals surface area contributed by atoms with Crippen molar-refractivity contribution >= 4 is 5.84 Å². The fourth-order valence-electron chi connectivity index (χ4n) is 1.29. The molecule has 78 valence electrons. The second-order valence-corrected chi connectivity index (χ2v) is 3.96. The van der Waals surface area contributed by atoms with Crippen LogP contribution < -0.4 is 5.73 Å². The Kier molecular flexibility index (Phi) is 6.65. The molecule has 2 heteroatoms. The normalized spacial score (nSPS) is 17.1. The second-order valence-electron chi connectivity index (χ2n) is 3.96. The first-order valence-corrected chi connectivity index (χ1v) is 5.41. The van der Waals surface area contributed by atoms with Crippen molar-refractivity contribution in [1.82, 2.24) is 0 Å². The molecule has 0 amide bonds. The maximum absolute atomic E-state index is 5.86. The van der Waals surface area contributed by atoms with Crippen LogP contribution in [-0.2, 0) is 0 Å². The van der Waals surface area contributed by atoms with Crippen molar-refractivity contribution in [2.24, 2.45) is 22.6 Å². The Morgan fingerprint density at radius 2 is 1.92 bits per heavy atom. The highest BCUT2D eigenvalue weighted by Gasteiger charge is 2.10. The third kappa shape index (κ3) is 5.67. The molecule has 0 rings (SSSR count). The molecule has 0 fully saturated rings. The Morgan fingerprint density at radius 1 is 1.31 bits per heavy atom. The lowest BCUT2D eigenvalue weighted by molar-refractivity contribution is 0.466. The van der Waals surface area contributed by atoms with Gasteiger partial charge in [-0.25, -0.2) is 0 Å². The number of hydrogen-bond acceptors (Lipinski definition) is 1. The number of nitrogens with zero attached hydrogens (tertiary/aromatic N) is 1. The van der Waals surface area contributed by atoms with Gasteiger partial charge in [-0.05, 0) is 18.8 Å². The van der Waals surface area contributed by atoms with Gasteiger partial charge in [0.25, 0.3) is 0 Å². The van der Waals surface area contributed by atoms with E-state index in [1.165, 1.54) is 6.42 Å². The Morgan fingerprint density at radius 3 is 2.38 bits per heavy atom. The fraction of sp³-hybridized carbons (Fsp3) is 0.909. The molecule has 0 aromatic heterocycles. The largest absolute Gasteiger partial charge is 0.387 e. The zero-order chi connectivity index (χ0) is 10.3. The summed E-state index contributed by atoms with van der Waals surface area (Å²) in [5.41, 5.74) is 5.86. The molecule has 0 radical (unpaired) electrons. The molecular formula is C11H24N2. The average Bonchev–Trinajstić information content (AvgIpc) is 2.13. The van der Waals surface area contributed by atoms with Crippen molar-refractivity contribution in [3.8, 4) is 0 Å². The highest BCUT2D eigenvalue weighted by Crippen LogP contribution is 2.14. The fourth-order valence-corrected chi connectivity index (χ4v) is 1.29. The van der Waals surface area contributed by atoms with Crippen molar-refractivity contribution in [2.75, 3.05) is 6.54 Å².